The molecule has 2 N–H and O–H groups in total. The SMILES string of the molecule is CCOC(=O)[C@H](N)Cc1cccnc1OC. The first-order valence-electron chi connectivity index (χ1n) is 5.09. The summed E-state index contributed by atoms with van der Waals surface area (Å²) in [5.74, 6) is 0.0793. The lowest BCUT2D eigenvalue weighted by molar-refractivity contribution is -0.144. The number of methoxy groups -OCH3 is 1. The van der Waals surface area contributed by atoms with Crippen LogP contribution in [0.25, 0.3) is 0 Å². The third-order valence-corrected chi connectivity index (χ3v) is 2.07. The van der Waals surface area contributed by atoms with E-state index in [0.717, 1.165) is 5.56 Å². The molecule has 0 bridgehead atoms. The average molecular weight is 224 g/mol. The summed E-state index contributed by atoms with van der Waals surface area (Å²) in [4.78, 5) is 15.4. The lowest BCUT2D eigenvalue weighted by Crippen LogP contribution is -2.34. The van der Waals surface area contributed by atoms with Crippen molar-refractivity contribution in [2.24, 2.45) is 5.73 Å². The zero-order valence-electron chi connectivity index (χ0n) is 9.47. The molecule has 0 aliphatic carbocycles. The van der Waals surface area contributed by atoms with Gasteiger partial charge in [-0.3, -0.25) is 4.79 Å². The van der Waals surface area contributed by atoms with Crippen molar-refractivity contribution < 1.29 is 14.3 Å². The lowest BCUT2D eigenvalue weighted by atomic mass is 10.1. The van der Waals surface area contributed by atoms with E-state index in [0.29, 0.717) is 18.9 Å². The first kappa shape index (κ1) is 12.4. The number of carbonyl (C=O) groups is 1. The van der Waals surface area contributed by atoms with Crippen molar-refractivity contribution in [1.29, 1.82) is 0 Å². The van der Waals surface area contributed by atoms with Gasteiger partial charge in [0.15, 0.2) is 0 Å². The van der Waals surface area contributed by atoms with Crippen molar-refractivity contribution in [1.82, 2.24) is 4.98 Å². The normalized spacial score (nSPS) is 11.9. The molecule has 0 radical (unpaired) electrons. The second kappa shape index (κ2) is 6.07. The van der Waals surface area contributed by atoms with Gasteiger partial charge in [-0.2, -0.15) is 0 Å². The monoisotopic (exact) mass is 224 g/mol. The number of aromatic nitrogens is 1. The first-order chi connectivity index (χ1) is 7.69. The largest absolute Gasteiger partial charge is 0.481 e. The highest BCUT2D eigenvalue weighted by atomic mass is 16.5. The zero-order chi connectivity index (χ0) is 12.0. The molecule has 16 heavy (non-hydrogen) atoms. The molecule has 0 spiro atoms. The molecule has 0 aliphatic heterocycles. The van der Waals surface area contributed by atoms with Crippen molar-refractivity contribution in [3.63, 3.8) is 0 Å². The number of carbonyl (C=O) groups excluding carboxylic acids is 1. The van der Waals surface area contributed by atoms with Crippen molar-refractivity contribution in [2.75, 3.05) is 13.7 Å². The number of hydrogen-bond donors (Lipinski definition) is 1. The first-order valence-corrected chi connectivity index (χ1v) is 5.09. The third kappa shape index (κ3) is 3.20. The van der Waals surface area contributed by atoms with Gasteiger partial charge in [0.2, 0.25) is 5.88 Å². The number of ether oxygens (including phenoxy) is 2. The smallest absolute Gasteiger partial charge is 0.323 e. The number of pyridine rings is 1. The number of rotatable bonds is 5. The van der Waals surface area contributed by atoms with Gasteiger partial charge in [-0.1, -0.05) is 6.07 Å². The summed E-state index contributed by atoms with van der Waals surface area (Å²) in [6.07, 6.45) is 1.98. The summed E-state index contributed by atoms with van der Waals surface area (Å²) in [6.45, 7) is 2.08. The van der Waals surface area contributed by atoms with Gasteiger partial charge >= 0.3 is 5.97 Å². The number of esters is 1. The Bertz CT molecular complexity index is 355. The van der Waals surface area contributed by atoms with Gasteiger partial charge in [0.25, 0.3) is 0 Å². The van der Waals surface area contributed by atoms with E-state index in [1.807, 2.05) is 6.07 Å². The van der Waals surface area contributed by atoms with Gasteiger partial charge < -0.3 is 15.2 Å². The van der Waals surface area contributed by atoms with Crippen LogP contribution in [-0.2, 0) is 16.0 Å². The van der Waals surface area contributed by atoms with Crippen LogP contribution in [0.1, 0.15) is 12.5 Å². The maximum Gasteiger partial charge on any atom is 0.323 e. The minimum Gasteiger partial charge on any atom is -0.481 e. The molecule has 5 heteroatoms. The van der Waals surface area contributed by atoms with Crippen molar-refractivity contribution in [2.45, 2.75) is 19.4 Å². The Morgan fingerprint density at radius 3 is 3.00 bits per heavy atom. The highest BCUT2D eigenvalue weighted by Gasteiger charge is 2.17. The van der Waals surface area contributed by atoms with E-state index in [1.165, 1.54) is 7.11 Å². The lowest BCUT2D eigenvalue weighted by Gasteiger charge is -2.12. The minimum absolute atomic E-state index is 0.330. The summed E-state index contributed by atoms with van der Waals surface area (Å²) in [5.41, 5.74) is 6.50. The van der Waals surface area contributed by atoms with Gasteiger partial charge in [-0.15, -0.1) is 0 Å². The van der Waals surface area contributed by atoms with Crippen LogP contribution in [0.5, 0.6) is 5.88 Å². The predicted molar refractivity (Wildman–Crippen MR) is 59.1 cm³/mol. The Hall–Kier alpha value is -1.62. The molecule has 0 amide bonds. The third-order valence-electron chi connectivity index (χ3n) is 2.07. The Morgan fingerprint density at radius 1 is 1.62 bits per heavy atom. The molecule has 0 saturated carbocycles. The van der Waals surface area contributed by atoms with Gasteiger partial charge in [0.05, 0.1) is 13.7 Å². The zero-order valence-corrected chi connectivity index (χ0v) is 9.47. The van der Waals surface area contributed by atoms with Crippen LogP contribution in [0.4, 0.5) is 0 Å². The van der Waals surface area contributed by atoms with Gasteiger partial charge in [-0.25, -0.2) is 4.98 Å². The van der Waals surface area contributed by atoms with Crippen LogP contribution in [0.15, 0.2) is 18.3 Å². The van der Waals surface area contributed by atoms with E-state index in [1.54, 1.807) is 19.2 Å². The van der Waals surface area contributed by atoms with Crippen LogP contribution in [0, 0.1) is 0 Å². The fourth-order valence-electron chi connectivity index (χ4n) is 1.33. The molecule has 1 atom stereocenters. The number of hydrogen-bond acceptors (Lipinski definition) is 5. The Kier molecular flexibility index (Phi) is 4.72. The molecule has 0 fully saturated rings. The standard InChI is InChI=1S/C11H16N2O3/c1-3-16-11(14)9(12)7-8-5-4-6-13-10(8)15-2/h4-6,9H,3,7,12H2,1-2H3/t9-/m1/s1. The molecular formula is C11H16N2O3. The molecule has 1 heterocycles. The Balaban J connectivity index is 2.68. The van der Waals surface area contributed by atoms with Crippen LogP contribution < -0.4 is 10.5 Å². The highest BCUT2D eigenvalue weighted by molar-refractivity contribution is 5.75. The van der Waals surface area contributed by atoms with E-state index in [4.69, 9.17) is 15.2 Å². The van der Waals surface area contributed by atoms with Gasteiger partial charge in [0.1, 0.15) is 6.04 Å². The second-order valence-corrected chi connectivity index (χ2v) is 3.23. The molecular weight excluding hydrogens is 208 g/mol. The molecule has 0 unspecified atom stereocenters. The summed E-state index contributed by atoms with van der Waals surface area (Å²) in [7, 11) is 1.53. The summed E-state index contributed by atoms with van der Waals surface area (Å²) < 4.78 is 9.89. The van der Waals surface area contributed by atoms with Crippen LogP contribution >= 0.6 is 0 Å². The van der Waals surface area contributed by atoms with Crippen LogP contribution in [0.2, 0.25) is 0 Å². The van der Waals surface area contributed by atoms with Crippen molar-refractivity contribution >= 4 is 5.97 Å². The minimum atomic E-state index is -0.682. The Labute approximate surface area is 94.6 Å². The summed E-state index contributed by atoms with van der Waals surface area (Å²) in [5, 5.41) is 0. The van der Waals surface area contributed by atoms with Crippen LogP contribution in [0.3, 0.4) is 0 Å². The molecule has 1 aromatic rings. The molecule has 5 nitrogen and oxygen atoms in total. The van der Waals surface area contributed by atoms with E-state index < -0.39 is 12.0 Å². The van der Waals surface area contributed by atoms with E-state index in [9.17, 15) is 4.79 Å². The highest BCUT2D eigenvalue weighted by Crippen LogP contribution is 2.15. The van der Waals surface area contributed by atoms with Crippen molar-refractivity contribution in [3.8, 4) is 5.88 Å². The van der Waals surface area contributed by atoms with Crippen molar-refractivity contribution in [3.05, 3.63) is 23.9 Å². The number of nitrogens with two attached hydrogens (primary N) is 1. The fraction of sp³-hybridized carbons (Fsp3) is 0.455. The average Bonchev–Trinajstić information content (AvgIpc) is 2.30. The molecule has 1 aromatic heterocycles. The quantitative estimate of drug-likeness (QED) is 0.738. The van der Waals surface area contributed by atoms with E-state index in [2.05, 4.69) is 4.98 Å². The summed E-state index contributed by atoms with van der Waals surface area (Å²) >= 11 is 0. The topological polar surface area (TPSA) is 74.4 Å². The number of nitrogens with zero attached hydrogens (tertiary/aromatic N) is 1. The second-order valence-electron chi connectivity index (χ2n) is 3.23. The maximum absolute atomic E-state index is 11.3. The van der Waals surface area contributed by atoms with Gasteiger partial charge in [0, 0.05) is 18.2 Å². The van der Waals surface area contributed by atoms with Crippen LogP contribution in [-0.4, -0.2) is 30.7 Å². The van der Waals surface area contributed by atoms with E-state index >= 15 is 0 Å². The molecule has 0 aliphatic rings. The maximum atomic E-state index is 11.3. The molecule has 0 aromatic carbocycles. The van der Waals surface area contributed by atoms with E-state index in [-0.39, 0.29) is 0 Å². The molecule has 88 valence electrons. The predicted octanol–water partition coefficient (Wildman–Crippen LogP) is 0.523. The Morgan fingerprint density at radius 2 is 2.38 bits per heavy atom. The van der Waals surface area contributed by atoms with Gasteiger partial charge in [-0.05, 0) is 13.0 Å². The molecule has 1 rings (SSSR count). The molecule has 0 saturated heterocycles. The fourth-order valence-corrected chi connectivity index (χ4v) is 1.33. The summed E-state index contributed by atoms with van der Waals surface area (Å²) in [6, 6.07) is 2.92.